The SMILES string of the molecule is COC(CCN)c1cccc(C)c1. The largest absolute Gasteiger partial charge is 0.377 e. The van der Waals surface area contributed by atoms with Gasteiger partial charge in [-0.1, -0.05) is 29.8 Å². The lowest BCUT2D eigenvalue weighted by Crippen LogP contribution is -2.09. The first-order valence-electron chi connectivity index (χ1n) is 4.57. The normalized spacial score (nSPS) is 12.8. The molecule has 0 heterocycles. The molecule has 0 radical (unpaired) electrons. The molecule has 0 bridgehead atoms. The maximum absolute atomic E-state index is 5.50. The Balaban J connectivity index is 2.78. The van der Waals surface area contributed by atoms with Crippen molar-refractivity contribution in [3.63, 3.8) is 0 Å². The third kappa shape index (κ3) is 2.83. The summed E-state index contributed by atoms with van der Waals surface area (Å²) in [6.45, 7) is 2.74. The minimum absolute atomic E-state index is 0.143. The molecule has 1 aromatic rings. The fourth-order valence-electron chi connectivity index (χ4n) is 1.44. The van der Waals surface area contributed by atoms with Crippen molar-refractivity contribution in [2.24, 2.45) is 5.73 Å². The standard InChI is InChI=1S/C11H17NO/c1-9-4-3-5-10(8-9)11(13-2)6-7-12/h3-5,8,11H,6-7,12H2,1-2H3. The summed E-state index contributed by atoms with van der Waals surface area (Å²) in [6, 6.07) is 8.35. The second-order valence-corrected chi connectivity index (χ2v) is 3.22. The van der Waals surface area contributed by atoms with Gasteiger partial charge in [0.2, 0.25) is 0 Å². The van der Waals surface area contributed by atoms with Crippen molar-refractivity contribution in [3.8, 4) is 0 Å². The summed E-state index contributed by atoms with van der Waals surface area (Å²) in [7, 11) is 1.72. The van der Waals surface area contributed by atoms with Crippen LogP contribution in [0.2, 0.25) is 0 Å². The Morgan fingerprint density at radius 2 is 2.23 bits per heavy atom. The number of methoxy groups -OCH3 is 1. The zero-order valence-corrected chi connectivity index (χ0v) is 8.29. The number of hydrogen-bond donors (Lipinski definition) is 1. The van der Waals surface area contributed by atoms with Crippen molar-refractivity contribution < 1.29 is 4.74 Å². The lowest BCUT2D eigenvalue weighted by molar-refractivity contribution is 0.0977. The molecule has 1 aromatic carbocycles. The monoisotopic (exact) mass is 179 g/mol. The van der Waals surface area contributed by atoms with Crippen LogP contribution in [0.5, 0.6) is 0 Å². The summed E-state index contributed by atoms with van der Waals surface area (Å²) in [6.07, 6.45) is 1.02. The zero-order chi connectivity index (χ0) is 9.68. The van der Waals surface area contributed by atoms with E-state index in [4.69, 9.17) is 10.5 Å². The van der Waals surface area contributed by atoms with Crippen molar-refractivity contribution in [3.05, 3.63) is 35.4 Å². The Morgan fingerprint density at radius 1 is 1.46 bits per heavy atom. The summed E-state index contributed by atoms with van der Waals surface area (Å²) in [5.41, 5.74) is 7.98. The van der Waals surface area contributed by atoms with E-state index in [0.717, 1.165) is 6.42 Å². The minimum atomic E-state index is 0.143. The molecule has 0 aliphatic rings. The van der Waals surface area contributed by atoms with Gasteiger partial charge in [0, 0.05) is 7.11 Å². The average molecular weight is 179 g/mol. The highest BCUT2D eigenvalue weighted by molar-refractivity contribution is 5.24. The van der Waals surface area contributed by atoms with Crippen LogP contribution in [-0.2, 0) is 4.74 Å². The molecule has 0 amide bonds. The predicted molar refractivity (Wildman–Crippen MR) is 54.6 cm³/mol. The Morgan fingerprint density at radius 3 is 2.77 bits per heavy atom. The Labute approximate surface area is 79.7 Å². The fraction of sp³-hybridized carbons (Fsp3) is 0.455. The average Bonchev–Trinajstić information content (AvgIpc) is 2.14. The molecule has 13 heavy (non-hydrogen) atoms. The van der Waals surface area contributed by atoms with Crippen molar-refractivity contribution in [2.75, 3.05) is 13.7 Å². The van der Waals surface area contributed by atoms with Crippen molar-refractivity contribution in [1.29, 1.82) is 0 Å². The van der Waals surface area contributed by atoms with E-state index in [-0.39, 0.29) is 6.10 Å². The third-order valence-electron chi connectivity index (χ3n) is 2.13. The van der Waals surface area contributed by atoms with Crippen LogP contribution in [0.4, 0.5) is 0 Å². The lowest BCUT2D eigenvalue weighted by Gasteiger charge is -2.14. The van der Waals surface area contributed by atoms with Gasteiger partial charge in [0.25, 0.3) is 0 Å². The van der Waals surface area contributed by atoms with Crippen molar-refractivity contribution >= 4 is 0 Å². The van der Waals surface area contributed by atoms with Crippen LogP contribution in [0.3, 0.4) is 0 Å². The van der Waals surface area contributed by atoms with E-state index in [1.54, 1.807) is 7.11 Å². The fourth-order valence-corrected chi connectivity index (χ4v) is 1.44. The van der Waals surface area contributed by atoms with Gasteiger partial charge in [-0.25, -0.2) is 0 Å². The molecule has 1 rings (SSSR count). The van der Waals surface area contributed by atoms with Crippen LogP contribution in [-0.4, -0.2) is 13.7 Å². The Bertz CT molecular complexity index is 260. The molecular formula is C11H17NO. The molecule has 1 atom stereocenters. The molecule has 0 fully saturated rings. The molecule has 0 aliphatic heterocycles. The quantitative estimate of drug-likeness (QED) is 0.767. The first-order valence-corrected chi connectivity index (χ1v) is 4.57. The van der Waals surface area contributed by atoms with Crippen LogP contribution in [0, 0.1) is 6.92 Å². The molecule has 0 saturated carbocycles. The van der Waals surface area contributed by atoms with E-state index in [9.17, 15) is 0 Å². The Hall–Kier alpha value is -0.860. The number of rotatable bonds is 4. The van der Waals surface area contributed by atoms with Gasteiger partial charge in [0.1, 0.15) is 0 Å². The van der Waals surface area contributed by atoms with Crippen LogP contribution >= 0.6 is 0 Å². The van der Waals surface area contributed by atoms with E-state index >= 15 is 0 Å². The summed E-state index contributed by atoms with van der Waals surface area (Å²) < 4.78 is 5.35. The van der Waals surface area contributed by atoms with E-state index in [1.807, 2.05) is 6.07 Å². The first-order chi connectivity index (χ1) is 6.27. The molecule has 1 unspecified atom stereocenters. The Kier molecular flexibility index (Phi) is 3.93. The van der Waals surface area contributed by atoms with Crippen molar-refractivity contribution in [1.82, 2.24) is 0 Å². The smallest absolute Gasteiger partial charge is 0.0833 e. The van der Waals surface area contributed by atoms with Gasteiger partial charge < -0.3 is 10.5 Å². The van der Waals surface area contributed by atoms with Crippen molar-refractivity contribution in [2.45, 2.75) is 19.4 Å². The summed E-state index contributed by atoms with van der Waals surface area (Å²) >= 11 is 0. The second-order valence-electron chi connectivity index (χ2n) is 3.22. The topological polar surface area (TPSA) is 35.2 Å². The highest BCUT2D eigenvalue weighted by atomic mass is 16.5. The zero-order valence-electron chi connectivity index (χ0n) is 8.29. The number of hydrogen-bond acceptors (Lipinski definition) is 2. The van der Waals surface area contributed by atoms with Gasteiger partial charge in [-0.15, -0.1) is 0 Å². The highest BCUT2D eigenvalue weighted by Crippen LogP contribution is 2.20. The summed E-state index contributed by atoms with van der Waals surface area (Å²) in [5, 5.41) is 0. The molecule has 0 aliphatic carbocycles. The van der Waals surface area contributed by atoms with Gasteiger partial charge in [-0.2, -0.15) is 0 Å². The molecule has 0 saturated heterocycles. The maximum Gasteiger partial charge on any atom is 0.0833 e. The number of ether oxygens (including phenoxy) is 1. The van der Waals surface area contributed by atoms with E-state index in [2.05, 4.69) is 25.1 Å². The minimum Gasteiger partial charge on any atom is -0.377 e. The predicted octanol–water partition coefficient (Wildman–Crippen LogP) is 2.03. The molecule has 2 nitrogen and oxygen atoms in total. The van der Waals surface area contributed by atoms with E-state index in [1.165, 1.54) is 11.1 Å². The lowest BCUT2D eigenvalue weighted by atomic mass is 10.0. The van der Waals surface area contributed by atoms with E-state index < -0.39 is 0 Å². The summed E-state index contributed by atoms with van der Waals surface area (Å²) in [5.74, 6) is 0. The van der Waals surface area contributed by atoms with Gasteiger partial charge in [-0.3, -0.25) is 0 Å². The van der Waals surface area contributed by atoms with Crippen LogP contribution in [0.15, 0.2) is 24.3 Å². The molecular weight excluding hydrogens is 162 g/mol. The van der Waals surface area contributed by atoms with Gasteiger partial charge in [-0.05, 0) is 25.5 Å². The van der Waals surface area contributed by atoms with E-state index in [0.29, 0.717) is 6.54 Å². The van der Waals surface area contributed by atoms with Gasteiger partial charge in [0.15, 0.2) is 0 Å². The molecule has 2 N–H and O–H groups in total. The van der Waals surface area contributed by atoms with Crippen LogP contribution < -0.4 is 5.73 Å². The van der Waals surface area contributed by atoms with Crippen LogP contribution in [0.25, 0.3) is 0 Å². The molecule has 0 aromatic heterocycles. The number of aryl methyl sites for hydroxylation is 1. The van der Waals surface area contributed by atoms with Crippen LogP contribution in [0.1, 0.15) is 23.7 Å². The highest BCUT2D eigenvalue weighted by Gasteiger charge is 2.08. The first kappa shape index (κ1) is 10.2. The second kappa shape index (κ2) is 5.00. The molecule has 72 valence electrons. The number of benzene rings is 1. The molecule has 0 spiro atoms. The summed E-state index contributed by atoms with van der Waals surface area (Å²) in [4.78, 5) is 0. The van der Waals surface area contributed by atoms with Gasteiger partial charge >= 0.3 is 0 Å². The number of nitrogens with two attached hydrogens (primary N) is 1. The molecule has 2 heteroatoms. The van der Waals surface area contributed by atoms with Gasteiger partial charge in [0.05, 0.1) is 6.10 Å². The maximum atomic E-state index is 5.50. The third-order valence-corrected chi connectivity index (χ3v) is 2.13.